The van der Waals surface area contributed by atoms with Crippen LogP contribution in [0.15, 0.2) is 52.9 Å². The van der Waals surface area contributed by atoms with Crippen LogP contribution in [0.4, 0.5) is 10.8 Å². The lowest BCUT2D eigenvalue weighted by Gasteiger charge is -2.02. The average Bonchev–Trinajstić information content (AvgIpc) is 3.05. The molecule has 0 saturated carbocycles. The number of hydrogen-bond acceptors (Lipinski definition) is 6. The number of hydrazone groups is 1. The molecule has 0 bridgehead atoms. The van der Waals surface area contributed by atoms with Crippen molar-refractivity contribution in [1.82, 2.24) is 4.98 Å². The highest BCUT2D eigenvalue weighted by Crippen LogP contribution is 2.26. The summed E-state index contributed by atoms with van der Waals surface area (Å²) in [5, 5.41) is 7.41. The number of carbonyl (C=O) groups is 1. The molecule has 3 rings (SSSR count). The Morgan fingerprint density at radius 1 is 1.32 bits per heavy atom. The summed E-state index contributed by atoms with van der Waals surface area (Å²) in [5.41, 5.74) is 12.4. The maximum absolute atomic E-state index is 11.3. The molecule has 0 saturated heterocycles. The molecule has 2 aromatic carbocycles. The van der Waals surface area contributed by atoms with Crippen molar-refractivity contribution in [1.29, 1.82) is 0 Å². The molecule has 0 fully saturated rings. The molecule has 1 heterocycles. The topological polar surface area (TPSA) is 80.4 Å². The number of Topliss-reactive ketones (excluding diaryl/α,β-unsaturated/α-hetero) is 1. The molecule has 0 aliphatic heterocycles. The number of thiazole rings is 1. The van der Waals surface area contributed by atoms with Crippen LogP contribution in [0.5, 0.6) is 0 Å². The van der Waals surface area contributed by atoms with E-state index >= 15 is 0 Å². The molecule has 7 heteroatoms. The molecule has 0 spiro atoms. The molecule has 0 aliphatic carbocycles. The summed E-state index contributed by atoms with van der Waals surface area (Å²) >= 11 is 7.44. The van der Waals surface area contributed by atoms with Gasteiger partial charge in [-0.25, -0.2) is 4.98 Å². The maximum atomic E-state index is 11.3. The van der Waals surface area contributed by atoms with E-state index in [1.165, 1.54) is 18.3 Å². The predicted octanol–water partition coefficient (Wildman–Crippen LogP) is 4.69. The van der Waals surface area contributed by atoms with Crippen LogP contribution in [0.1, 0.15) is 22.8 Å². The third kappa shape index (κ3) is 4.23. The molecule has 0 radical (unpaired) electrons. The van der Waals surface area contributed by atoms with E-state index in [0.717, 1.165) is 16.8 Å². The Kier molecular flexibility index (Phi) is 5.11. The Morgan fingerprint density at radius 3 is 2.88 bits per heavy atom. The SMILES string of the molecule is CC(=O)c1ccc(/C=N\Nc2nc(-c3cccc(Cl)c3)cs2)c(N)c1. The van der Waals surface area contributed by atoms with Crippen molar-refractivity contribution < 1.29 is 4.79 Å². The van der Waals surface area contributed by atoms with Crippen molar-refractivity contribution in [3.8, 4) is 11.3 Å². The minimum Gasteiger partial charge on any atom is -0.398 e. The number of nitrogens with two attached hydrogens (primary N) is 1. The van der Waals surface area contributed by atoms with Crippen LogP contribution in [0.2, 0.25) is 5.02 Å². The lowest BCUT2D eigenvalue weighted by molar-refractivity contribution is 0.101. The summed E-state index contributed by atoms with van der Waals surface area (Å²) in [4.78, 5) is 15.8. The number of halogens is 1. The summed E-state index contributed by atoms with van der Waals surface area (Å²) in [6.07, 6.45) is 1.60. The highest BCUT2D eigenvalue weighted by Gasteiger charge is 2.05. The third-order valence-corrected chi connectivity index (χ3v) is 4.46. The minimum atomic E-state index is -0.0235. The average molecular weight is 371 g/mol. The summed E-state index contributed by atoms with van der Waals surface area (Å²) in [6.45, 7) is 1.50. The second-order valence-electron chi connectivity index (χ2n) is 5.32. The monoisotopic (exact) mass is 370 g/mol. The van der Waals surface area contributed by atoms with E-state index in [-0.39, 0.29) is 5.78 Å². The number of aromatic nitrogens is 1. The van der Waals surface area contributed by atoms with E-state index in [0.29, 0.717) is 21.4 Å². The Morgan fingerprint density at radius 2 is 2.16 bits per heavy atom. The summed E-state index contributed by atoms with van der Waals surface area (Å²) in [7, 11) is 0. The highest BCUT2D eigenvalue weighted by atomic mass is 35.5. The molecule has 0 atom stereocenters. The van der Waals surface area contributed by atoms with Gasteiger partial charge in [0.1, 0.15) is 0 Å². The Labute approximate surface area is 154 Å². The number of nitrogen functional groups attached to an aromatic ring is 1. The van der Waals surface area contributed by atoms with Crippen LogP contribution in [0, 0.1) is 0 Å². The summed E-state index contributed by atoms with van der Waals surface area (Å²) in [5.74, 6) is -0.0235. The molecule has 3 aromatic rings. The van der Waals surface area contributed by atoms with Crippen molar-refractivity contribution in [3.63, 3.8) is 0 Å². The van der Waals surface area contributed by atoms with Gasteiger partial charge in [-0.1, -0.05) is 35.9 Å². The van der Waals surface area contributed by atoms with Gasteiger partial charge in [0.2, 0.25) is 5.13 Å². The lowest BCUT2D eigenvalue weighted by atomic mass is 10.1. The first-order chi connectivity index (χ1) is 12.0. The fourth-order valence-corrected chi connectivity index (χ4v) is 3.03. The number of nitrogens with one attached hydrogen (secondary N) is 1. The van der Waals surface area contributed by atoms with Crippen molar-refractivity contribution >= 4 is 45.8 Å². The van der Waals surface area contributed by atoms with Crippen LogP contribution in [-0.2, 0) is 0 Å². The van der Waals surface area contributed by atoms with E-state index in [9.17, 15) is 4.79 Å². The van der Waals surface area contributed by atoms with Crippen molar-refractivity contribution in [2.75, 3.05) is 11.2 Å². The van der Waals surface area contributed by atoms with Gasteiger partial charge in [0.15, 0.2) is 5.78 Å². The van der Waals surface area contributed by atoms with Gasteiger partial charge < -0.3 is 5.73 Å². The first kappa shape index (κ1) is 17.1. The zero-order valence-corrected chi connectivity index (χ0v) is 14.9. The van der Waals surface area contributed by atoms with Gasteiger partial charge in [-0.3, -0.25) is 10.2 Å². The number of nitrogens with zero attached hydrogens (tertiary/aromatic N) is 2. The Balaban J connectivity index is 1.70. The molecule has 0 unspecified atom stereocenters. The molecule has 126 valence electrons. The van der Waals surface area contributed by atoms with Crippen LogP contribution >= 0.6 is 22.9 Å². The number of carbonyl (C=O) groups excluding carboxylic acids is 1. The number of ketones is 1. The number of rotatable bonds is 5. The molecule has 25 heavy (non-hydrogen) atoms. The molecule has 0 aliphatic rings. The zero-order chi connectivity index (χ0) is 17.8. The third-order valence-electron chi connectivity index (χ3n) is 3.48. The largest absolute Gasteiger partial charge is 0.398 e. The van der Waals surface area contributed by atoms with Crippen molar-refractivity contribution in [2.24, 2.45) is 5.10 Å². The van der Waals surface area contributed by atoms with Gasteiger partial charge in [0.05, 0.1) is 11.9 Å². The molecular weight excluding hydrogens is 356 g/mol. The number of benzene rings is 2. The molecule has 3 N–H and O–H groups in total. The van der Waals surface area contributed by atoms with E-state index < -0.39 is 0 Å². The molecular formula is C18H15ClN4OS. The minimum absolute atomic E-state index is 0.0235. The standard InChI is InChI=1S/C18H15ClN4OS/c1-11(24)12-5-6-14(16(20)8-12)9-21-23-18-22-17(10-25-18)13-3-2-4-15(19)7-13/h2-10H,20H2,1H3,(H,22,23)/b21-9-. The van der Waals surface area contributed by atoms with Gasteiger partial charge in [0, 0.05) is 32.8 Å². The molecule has 5 nitrogen and oxygen atoms in total. The maximum Gasteiger partial charge on any atom is 0.203 e. The Hall–Kier alpha value is -2.70. The zero-order valence-electron chi connectivity index (χ0n) is 13.4. The fourth-order valence-electron chi connectivity index (χ4n) is 2.17. The van der Waals surface area contributed by atoms with Gasteiger partial charge in [-0.05, 0) is 25.1 Å². The quantitative estimate of drug-likeness (QED) is 0.295. The van der Waals surface area contributed by atoms with Crippen LogP contribution < -0.4 is 11.2 Å². The van der Waals surface area contributed by atoms with Gasteiger partial charge in [0.25, 0.3) is 0 Å². The van der Waals surface area contributed by atoms with E-state index in [1.807, 2.05) is 29.6 Å². The predicted molar refractivity (Wildman–Crippen MR) is 105 cm³/mol. The highest BCUT2D eigenvalue weighted by molar-refractivity contribution is 7.14. The fraction of sp³-hybridized carbons (Fsp3) is 0.0556. The van der Waals surface area contributed by atoms with Crippen molar-refractivity contribution in [2.45, 2.75) is 6.92 Å². The van der Waals surface area contributed by atoms with E-state index in [4.69, 9.17) is 17.3 Å². The van der Waals surface area contributed by atoms with Crippen LogP contribution in [0.3, 0.4) is 0 Å². The second-order valence-corrected chi connectivity index (χ2v) is 6.61. The first-order valence-electron chi connectivity index (χ1n) is 7.44. The van der Waals surface area contributed by atoms with Gasteiger partial charge >= 0.3 is 0 Å². The Bertz CT molecular complexity index is 952. The number of anilines is 2. The van der Waals surface area contributed by atoms with E-state index in [1.54, 1.807) is 24.4 Å². The van der Waals surface area contributed by atoms with Crippen molar-refractivity contribution in [3.05, 3.63) is 64.0 Å². The second kappa shape index (κ2) is 7.46. The lowest BCUT2D eigenvalue weighted by Crippen LogP contribution is -1.99. The van der Waals surface area contributed by atoms with Gasteiger partial charge in [-0.2, -0.15) is 5.10 Å². The summed E-state index contributed by atoms with van der Waals surface area (Å²) < 4.78 is 0. The van der Waals surface area contributed by atoms with Crippen LogP contribution in [0.25, 0.3) is 11.3 Å². The number of hydrogen-bond donors (Lipinski definition) is 2. The van der Waals surface area contributed by atoms with E-state index in [2.05, 4.69) is 15.5 Å². The smallest absolute Gasteiger partial charge is 0.203 e. The van der Waals surface area contributed by atoms with Crippen LogP contribution in [-0.4, -0.2) is 17.0 Å². The normalized spacial score (nSPS) is 11.0. The summed E-state index contributed by atoms with van der Waals surface area (Å²) in [6, 6.07) is 12.6. The van der Waals surface area contributed by atoms with Gasteiger partial charge in [-0.15, -0.1) is 11.3 Å². The molecule has 1 aromatic heterocycles. The first-order valence-corrected chi connectivity index (χ1v) is 8.69. The molecule has 0 amide bonds.